The summed E-state index contributed by atoms with van der Waals surface area (Å²) in [6.45, 7) is 0.618. The van der Waals surface area contributed by atoms with Gasteiger partial charge in [0, 0.05) is 54.1 Å². The molecule has 3 aromatic heterocycles. The van der Waals surface area contributed by atoms with Crippen molar-refractivity contribution >= 4 is 51.0 Å². The highest BCUT2D eigenvalue weighted by Gasteiger charge is 2.25. The summed E-state index contributed by atoms with van der Waals surface area (Å²) >= 11 is 4.90. The Balaban J connectivity index is 1.60. The summed E-state index contributed by atoms with van der Waals surface area (Å²) in [4.78, 5) is 32.3. The number of carbonyl (C=O) groups is 1. The zero-order chi connectivity index (χ0) is 24.1. The molecule has 0 saturated heterocycles. The van der Waals surface area contributed by atoms with Crippen LogP contribution in [-0.2, 0) is 18.3 Å². The van der Waals surface area contributed by atoms with Crippen LogP contribution < -0.4 is 10.5 Å². The van der Waals surface area contributed by atoms with Crippen molar-refractivity contribution in [3.8, 4) is 16.8 Å². The Hall–Kier alpha value is -4.17. The molecule has 35 heavy (non-hydrogen) atoms. The predicted octanol–water partition coefficient (Wildman–Crippen LogP) is 4.22. The van der Waals surface area contributed by atoms with Gasteiger partial charge in [0.15, 0.2) is 0 Å². The van der Waals surface area contributed by atoms with E-state index in [0.29, 0.717) is 12.2 Å². The molecule has 1 amide bonds. The number of aromatic nitrogens is 4. The second kappa shape index (κ2) is 8.25. The van der Waals surface area contributed by atoms with E-state index in [0.717, 1.165) is 50.6 Å². The molecule has 5 aromatic rings. The van der Waals surface area contributed by atoms with Crippen molar-refractivity contribution < 1.29 is 4.79 Å². The molecule has 6 rings (SSSR count). The molecule has 0 saturated carbocycles. The van der Waals surface area contributed by atoms with E-state index in [4.69, 9.17) is 12.2 Å². The summed E-state index contributed by atoms with van der Waals surface area (Å²) in [5, 5.41) is 7.47. The quantitative estimate of drug-likeness (QED) is 0.285. The summed E-state index contributed by atoms with van der Waals surface area (Å²) in [6.07, 6.45) is 6.56. The molecule has 0 radical (unpaired) electrons. The fourth-order valence-corrected chi connectivity index (χ4v) is 5.01. The number of amides is 1. The number of hydrogen-bond acceptors (Lipinski definition) is 5. The fraction of sp³-hybridized carbons (Fsp3) is 0.148. The standard InChI is InChI=1S/C27H21N5O2S/c1-30-16-20(15-29-30)18-3-6-23-22(12-18)27-19(14-28-23)4-7-26(34)32(27)21-5-2-17-8-10-31(24(17)13-21)25(33)9-11-35/h2-7,11-16H,8-10H2,1H3. The highest BCUT2D eigenvalue weighted by molar-refractivity contribution is 7.79. The third-order valence-corrected chi connectivity index (χ3v) is 6.70. The molecule has 1 aliphatic rings. The Morgan fingerprint density at radius 1 is 1.09 bits per heavy atom. The Morgan fingerprint density at radius 2 is 1.97 bits per heavy atom. The summed E-state index contributed by atoms with van der Waals surface area (Å²) in [5.41, 5.74) is 6.04. The van der Waals surface area contributed by atoms with E-state index in [1.54, 1.807) is 32.5 Å². The maximum Gasteiger partial charge on any atom is 0.255 e. The number of benzene rings is 2. The van der Waals surface area contributed by atoms with E-state index in [1.807, 2.05) is 49.8 Å². The van der Waals surface area contributed by atoms with Gasteiger partial charge in [-0.25, -0.2) is 0 Å². The van der Waals surface area contributed by atoms with Crippen molar-refractivity contribution in [3.63, 3.8) is 0 Å². The topological polar surface area (TPSA) is 73.0 Å². The van der Waals surface area contributed by atoms with Crippen LogP contribution in [0.4, 0.5) is 5.69 Å². The SMILES string of the molecule is Cn1cc(-c2ccc3ncc4ccc(=O)n(-c5ccc6c(c5)N(C(=O)CC=S)CC6)c4c3c2)cn1. The molecular formula is C27H21N5O2S. The molecule has 7 nitrogen and oxygen atoms in total. The van der Waals surface area contributed by atoms with Gasteiger partial charge in [0.1, 0.15) is 0 Å². The highest BCUT2D eigenvalue weighted by Crippen LogP contribution is 2.33. The molecule has 172 valence electrons. The Bertz CT molecular complexity index is 1720. The zero-order valence-corrected chi connectivity index (χ0v) is 19.8. The number of anilines is 1. The van der Waals surface area contributed by atoms with E-state index in [2.05, 4.69) is 16.1 Å². The molecule has 0 unspecified atom stereocenters. The number of thiocarbonyl (C=S) groups is 1. The van der Waals surface area contributed by atoms with Crippen molar-refractivity contribution in [2.75, 3.05) is 11.4 Å². The van der Waals surface area contributed by atoms with E-state index in [-0.39, 0.29) is 17.9 Å². The van der Waals surface area contributed by atoms with Crippen LogP contribution in [0.3, 0.4) is 0 Å². The number of carbonyl (C=O) groups excluding carboxylic acids is 1. The van der Waals surface area contributed by atoms with Gasteiger partial charge in [-0.15, -0.1) is 0 Å². The molecule has 1 aliphatic heterocycles. The molecular weight excluding hydrogens is 458 g/mol. The molecule has 0 spiro atoms. The summed E-state index contributed by atoms with van der Waals surface area (Å²) in [7, 11) is 1.88. The number of pyridine rings is 2. The van der Waals surface area contributed by atoms with Gasteiger partial charge in [0.25, 0.3) is 5.56 Å². The van der Waals surface area contributed by atoms with Crippen LogP contribution in [0.25, 0.3) is 38.6 Å². The average Bonchev–Trinajstić information content (AvgIpc) is 3.49. The van der Waals surface area contributed by atoms with E-state index < -0.39 is 0 Å². The monoisotopic (exact) mass is 479 g/mol. The molecule has 0 atom stereocenters. The molecule has 0 bridgehead atoms. The van der Waals surface area contributed by atoms with E-state index in [9.17, 15) is 9.59 Å². The van der Waals surface area contributed by atoms with Crippen LogP contribution in [0.15, 0.2) is 71.9 Å². The van der Waals surface area contributed by atoms with Gasteiger partial charge >= 0.3 is 0 Å². The number of nitrogens with zero attached hydrogens (tertiary/aromatic N) is 5. The van der Waals surface area contributed by atoms with Gasteiger partial charge in [-0.1, -0.05) is 24.4 Å². The minimum Gasteiger partial charge on any atom is -0.311 e. The first-order valence-corrected chi connectivity index (χ1v) is 11.8. The van der Waals surface area contributed by atoms with Gasteiger partial charge in [-0.3, -0.25) is 23.8 Å². The molecule has 4 heterocycles. The van der Waals surface area contributed by atoms with Crippen LogP contribution in [-0.4, -0.2) is 37.2 Å². The first-order chi connectivity index (χ1) is 17.0. The number of hydrogen-bond donors (Lipinski definition) is 0. The predicted molar refractivity (Wildman–Crippen MR) is 141 cm³/mol. The third kappa shape index (κ3) is 3.54. The molecule has 8 heteroatoms. The summed E-state index contributed by atoms with van der Waals surface area (Å²) in [6, 6.07) is 15.3. The minimum absolute atomic E-state index is 0.0306. The highest BCUT2D eigenvalue weighted by atomic mass is 32.1. The Labute approximate surface area is 206 Å². The van der Waals surface area contributed by atoms with Crippen molar-refractivity contribution in [3.05, 3.63) is 83.0 Å². The van der Waals surface area contributed by atoms with Crippen LogP contribution in [0.1, 0.15) is 12.0 Å². The Morgan fingerprint density at radius 3 is 2.77 bits per heavy atom. The van der Waals surface area contributed by atoms with Gasteiger partial charge in [-0.2, -0.15) is 5.10 Å². The maximum absolute atomic E-state index is 13.3. The van der Waals surface area contributed by atoms with Gasteiger partial charge in [0.05, 0.1) is 29.3 Å². The lowest BCUT2D eigenvalue weighted by Gasteiger charge is -2.18. The second-order valence-electron chi connectivity index (χ2n) is 8.68. The summed E-state index contributed by atoms with van der Waals surface area (Å²) in [5.74, 6) is -0.0306. The summed E-state index contributed by atoms with van der Waals surface area (Å²) < 4.78 is 3.48. The van der Waals surface area contributed by atoms with Gasteiger partial charge in [0.2, 0.25) is 5.91 Å². The maximum atomic E-state index is 13.3. The van der Waals surface area contributed by atoms with Crippen LogP contribution in [0.5, 0.6) is 0 Å². The van der Waals surface area contributed by atoms with Crippen LogP contribution >= 0.6 is 12.2 Å². The number of fused-ring (bicyclic) bond motifs is 4. The number of rotatable bonds is 4. The lowest BCUT2D eigenvalue weighted by molar-refractivity contribution is -0.117. The fourth-order valence-electron chi connectivity index (χ4n) is 4.86. The lowest BCUT2D eigenvalue weighted by atomic mass is 10.0. The van der Waals surface area contributed by atoms with E-state index in [1.165, 1.54) is 5.37 Å². The van der Waals surface area contributed by atoms with Crippen LogP contribution in [0.2, 0.25) is 0 Å². The van der Waals surface area contributed by atoms with Crippen molar-refractivity contribution in [1.29, 1.82) is 0 Å². The molecule has 0 fully saturated rings. The smallest absolute Gasteiger partial charge is 0.255 e. The number of aryl methyl sites for hydroxylation is 1. The third-order valence-electron chi connectivity index (χ3n) is 6.54. The normalized spacial score (nSPS) is 12.9. The molecule has 0 aliphatic carbocycles. The molecule has 0 N–H and O–H groups in total. The van der Waals surface area contributed by atoms with Gasteiger partial charge < -0.3 is 4.90 Å². The first kappa shape index (κ1) is 21.4. The van der Waals surface area contributed by atoms with Crippen molar-refractivity contribution in [2.45, 2.75) is 12.8 Å². The van der Waals surface area contributed by atoms with Crippen molar-refractivity contribution in [2.24, 2.45) is 7.05 Å². The van der Waals surface area contributed by atoms with Crippen molar-refractivity contribution in [1.82, 2.24) is 19.3 Å². The zero-order valence-electron chi connectivity index (χ0n) is 19.0. The van der Waals surface area contributed by atoms with Gasteiger partial charge in [-0.05, 0) is 53.2 Å². The second-order valence-corrected chi connectivity index (χ2v) is 9.02. The Kier molecular flexibility index (Phi) is 5.04. The minimum atomic E-state index is -0.147. The average molecular weight is 480 g/mol. The molecule has 2 aromatic carbocycles. The largest absolute Gasteiger partial charge is 0.311 e. The first-order valence-electron chi connectivity index (χ1n) is 11.3. The lowest BCUT2D eigenvalue weighted by Crippen LogP contribution is -2.29. The van der Waals surface area contributed by atoms with E-state index >= 15 is 0 Å². The van der Waals surface area contributed by atoms with Crippen LogP contribution in [0, 0.1) is 0 Å².